The van der Waals surface area contributed by atoms with Crippen molar-refractivity contribution >= 4 is 11.7 Å². The smallest absolute Gasteiger partial charge is 0.274 e. The van der Waals surface area contributed by atoms with E-state index in [1.165, 1.54) is 6.20 Å². The Bertz CT molecular complexity index is 734. The standard InChI is InChI=1S/C17H22N6O2/c1-12-9-21-14(10-20-12)17(24)23-8-4-5-13(11-23)25-16-15(22(2)3)18-6-7-19-16/h6-7,9-10,13H,4-5,8,11H2,1-3H3. The van der Waals surface area contributed by atoms with Crippen LogP contribution in [0.1, 0.15) is 29.0 Å². The van der Waals surface area contributed by atoms with Gasteiger partial charge in [0.2, 0.25) is 0 Å². The minimum absolute atomic E-state index is 0.118. The Morgan fingerprint density at radius 3 is 2.72 bits per heavy atom. The molecule has 1 amide bonds. The van der Waals surface area contributed by atoms with Crippen molar-refractivity contribution in [3.63, 3.8) is 0 Å². The maximum atomic E-state index is 12.6. The van der Waals surface area contributed by atoms with E-state index in [0.717, 1.165) is 18.5 Å². The van der Waals surface area contributed by atoms with E-state index in [4.69, 9.17) is 4.74 Å². The van der Waals surface area contributed by atoms with E-state index in [9.17, 15) is 4.79 Å². The Hall–Kier alpha value is -2.77. The van der Waals surface area contributed by atoms with Crippen molar-refractivity contribution in [3.05, 3.63) is 36.2 Å². The molecule has 0 bridgehead atoms. The average Bonchev–Trinajstić information content (AvgIpc) is 2.62. The lowest BCUT2D eigenvalue weighted by atomic mass is 10.1. The summed E-state index contributed by atoms with van der Waals surface area (Å²) >= 11 is 0. The monoisotopic (exact) mass is 342 g/mol. The minimum Gasteiger partial charge on any atom is -0.470 e. The van der Waals surface area contributed by atoms with Crippen LogP contribution >= 0.6 is 0 Å². The SMILES string of the molecule is Cc1cnc(C(=O)N2CCCC(Oc3nccnc3N(C)C)C2)cn1. The van der Waals surface area contributed by atoms with Crippen molar-refractivity contribution in [1.29, 1.82) is 0 Å². The Kier molecular flexibility index (Phi) is 5.06. The first kappa shape index (κ1) is 17.1. The molecule has 2 aromatic rings. The average molecular weight is 342 g/mol. The zero-order chi connectivity index (χ0) is 17.8. The second kappa shape index (κ2) is 7.42. The first-order chi connectivity index (χ1) is 12.0. The van der Waals surface area contributed by atoms with E-state index >= 15 is 0 Å². The fourth-order valence-electron chi connectivity index (χ4n) is 2.75. The summed E-state index contributed by atoms with van der Waals surface area (Å²) in [4.78, 5) is 33.1. The maximum Gasteiger partial charge on any atom is 0.274 e. The topological polar surface area (TPSA) is 84.3 Å². The van der Waals surface area contributed by atoms with Crippen LogP contribution in [-0.4, -0.2) is 64.0 Å². The number of aryl methyl sites for hydroxylation is 1. The van der Waals surface area contributed by atoms with Crippen molar-refractivity contribution in [3.8, 4) is 5.88 Å². The van der Waals surface area contributed by atoms with Crippen LogP contribution in [0, 0.1) is 6.92 Å². The number of piperidine rings is 1. The van der Waals surface area contributed by atoms with Crippen LogP contribution < -0.4 is 9.64 Å². The predicted molar refractivity (Wildman–Crippen MR) is 92.7 cm³/mol. The summed E-state index contributed by atoms with van der Waals surface area (Å²) in [6, 6.07) is 0. The fraction of sp³-hybridized carbons (Fsp3) is 0.471. The second-order valence-electron chi connectivity index (χ2n) is 6.26. The number of likely N-dealkylation sites (tertiary alicyclic amines) is 1. The van der Waals surface area contributed by atoms with Gasteiger partial charge in [-0.2, -0.15) is 0 Å². The molecule has 8 heteroatoms. The number of anilines is 1. The number of carbonyl (C=O) groups excluding carboxylic acids is 1. The first-order valence-electron chi connectivity index (χ1n) is 8.27. The van der Waals surface area contributed by atoms with Crippen LogP contribution in [0.25, 0.3) is 0 Å². The highest BCUT2D eigenvalue weighted by molar-refractivity contribution is 5.92. The van der Waals surface area contributed by atoms with E-state index < -0.39 is 0 Å². The molecule has 0 radical (unpaired) electrons. The summed E-state index contributed by atoms with van der Waals surface area (Å²) in [5.74, 6) is 1.05. The van der Waals surface area contributed by atoms with E-state index in [2.05, 4.69) is 19.9 Å². The molecule has 1 unspecified atom stereocenters. The van der Waals surface area contributed by atoms with Crippen LogP contribution in [0.3, 0.4) is 0 Å². The van der Waals surface area contributed by atoms with Gasteiger partial charge in [0.05, 0.1) is 18.4 Å². The summed E-state index contributed by atoms with van der Waals surface area (Å²) in [7, 11) is 3.78. The Balaban J connectivity index is 1.69. The quantitative estimate of drug-likeness (QED) is 0.828. The molecule has 0 spiro atoms. The zero-order valence-corrected chi connectivity index (χ0v) is 14.7. The summed E-state index contributed by atoms with van der Waals surface area (Å²) < 4.78 is 6.04. The number of hydrogen-bond donors (Lipinski definition) is 0. The highest BCUT2D eigenvalue weighted by Crippen LogP contribution is 2.24. The fourth-order valence-corrected chi connectivity index (χ4v) is 2.75. The molecule has 1 atom stereocenters. The molecular formula is C17H22N6O2. The number of hydrogen-bond acceptors (Lipinski definition) is 7. The van der Waals surface area contributed by atoms with Crippen molar-refractivity contribution in [2.24, 2.45) is 0 Å². The number of rotatable bonds is 4. The number of carbonyl (C=O) groups is 1. The maximum absolute atomic E-state index is 12.6. The summed E-state index contributed by atoms with van der Waals surface area (Å²) in [6.45, 7) is 3.03. The predicted octanol–water partition coefficient (Wildman–Crippen LogP) is 1.32. The Morgan fingerprint density at radius 2 is 2.00 bits per heavy atom. The molecule has 1 aliphatic rings. The Morgan fingerprint density at radius 1 is 1.20 bits per heavy atom. The molecule has 3 heterocycles. The Labute approximate surface area is 146 Å². The largest absolute Gasteiger partial charge is 0.470 e. The van der Waals surface area contributed by atoms with Gasteiger partial charge in [0, 0.05) is 39.2 Å². The lowest BCUT2D eigenvalue weighted by Crippen LogP contribution is -2.44. The van der Waals surface area contributed by atoms with Gasteiger partial charge < -0.3 is 14.5 Å². The number of amides is 1. The van der Waals surface area contributed by atoms with Crippen LogP contribution in [0.4, 0.5) is 5.82 Å². The van der Waals surface area contributed by atoms with Crippen molar-refractivity contribution in [2.75, 3.05) is 32.1 Å². The van der Waals surface area contributed by atoms with Crippen LogP contribution in [0.5, 0.6) is 5.88 Å². The molecule has 0 aliphatic carbocycles. The van der Waals surface area contributed by atoms with Crippen LogP contribution in [-0.2, 0) is 0 Å². The van der Waals surface area contributed by atoms with Gasteiger partial charge in [-0.3, -0.25) is 9.78 Å². The lowest BCUT2D eigenvalue weighted by molar-refractivity contribution is 0.0522. The van der Waals surface area contributed by atoms with Gasteiger partial charge in [-0.15, -0.1) is 0 Å². The van der Waals surface area contributed by atoms with Gasteiger partial charge >= 0.3 is 0 Å². The third-order valence-corrected chi connectivity index (χ3v) is 4.01. The molecule has 25 heavy (non-hydrogen) atoms. The van der Waals surface area contributed by atoms with Gasteiger partial charge in [-0.25, -0.2) is 15.0 Å². The van der Waals surface area contributed by atoms with Crippen molar-refractivity contribution in [2.45, 2.75) is 25.9 Å². The van der Waals surface area contributed by atoms with Gasteiger partial charge in [-0.1, -0.05) is 0 Å². The highest BCUT2D eigenvalue weighted by Gasteiger charge is 2.27. The van der Waals surface area contributed by atoms with Gasteiger partial charge in [0.1, 0.15) is 11.8 Å². The highest BCUT2D eigenvalue weighted by atomic mass is 16.5. The normalized spacial score (nSPS) is 17.2. The third-order valence-electron chi connectivity index (χ3n) is 4.01. The molecule has 1 aliphatic heterocycles. The van der Waals surface area contributed by atoms with Crippen molar-refractivity contribution in [1.82, 2.24) is 24.8 Å². The lowest BCUT2D eigenvalue weighted by Gasteiger charge is -2.32. The molecule has 0 saturated carbocycles. The minimum atomic E-state index is -0.119. The van der Waals surface area contributed by atoms with Crippen LogP contribution in [0.15, 0.2) is 24.8 Å². The van der Waals surface area contributed by atoms with E-state index in [1.807, 2.05) is 25.9 Å². The molecule has 0 N–H and O–H groups in total. The second-order valence-corrected chi connectivity index (χ2v) is 6.26. The molecule has 1 fully saturated rings. The van der Waals surface area contributed by atoms with Crippen LogP contribution in [0.2, 0.25) is 0 Å². The van der Waals surface area contributed by atoms with E-state index in [1.54, 1.807) is 23.5 Å². The molecule has 132 valence electrons. The zero-order valence-electron chi connectivity index (χ0n) is 14.7. The summed E-state index contributed by atoms with van der Waals surface area (Å²) in [6.07, 6.45) is 7.99. The molecule has 1 saturated heterocycles. The molecule has 8 nitrogen and oxygen atoms in total. The molecule has 3 rings (SSSR count). The molecule has 2 aromatic heterocycles. The first-order valence-corrected chi connectivity index (χ1v) is 8.27. The third kappa shape index (κ3) is 4.01. The number of aromatic nitrogens is 4. The van der Waals surface area contributed by atoms with Gasteiger partial charge in [-0.05, 0) is 19.8 Å². The number of ether oxygens (including phenoxy) is 1. The molecular weight excluding hydrogens is 320 g/mol. The van der Waals surface area contributed by atoms with E-state index in [0.29, 0.717) is 30.5 Å². The molecule has 0 aromatic carbocycles. The summed E-state index contributed by atoms with van der Waals surface area (Å²) in [5.41, 5.74) is 1.15. The number of nitrogens with zero attached hydrogens (tertiary/aromatic N) is 6. The van der Waals surface area contributed by atoms with Gasteiger partial charge in [0.15, 0.2) is 5.82 Å². The van der Waals surface area contributed by atoms with Gasteiger partial charge in [0.25, 0.3) is 11.8 Å². The van der Waals surface area contributed by atoms with E-state index in [-0.39, 0.29) is 12.0 Å². The van der Waals surface area contributed by atoms with Crippen molar-refractivity contribution < 1.29 is 9.53 Å². The summed E-state index contributed by atoms with van der Waals surface area (Å²) in [5, 5.41) is 0.